The van der Waals surface area contributed by atoms with Crippen LogP contribution in [0, 0.1) is 5.41 Å². The highest BCUT2D eigenvalue weighted by atomic mass is 16.5. The first kappa shape index (κ1) is 53.8. The number of methoxy groups -OCH3 is 8. The van der Waals surface area contributed by atoms with Gasteiger partial charge in [0.05, 0.1) is 39.1 Å². The summed E-state index contributed by atoms with van der Waals surface area (Å²) in [7, 11) is 13.4. The summed E-state index contributed by atoms with van der Waals surface area (Å²) in [6.07, 6.45) is 1.22. The van der Waals surface area contributed by atoms with Gasteiger partial charge in [-0.1, -0.05) is 43.6 Å². The Hall–Kier alpha value is -0.320. The lowest BCUT2D eigenvalue weighted by atomic mass is 9.96. The number of ether oxygens (including phenoxy) is 8. The van der Waals surface area contributed by atoms with E-state index in [1.807, 2.05) is 6.92 Å². The highest BCUT2D eigenvalue weighted by Crippen LogP contribution is 2.14. The van der Waals surface area contributed by atoms with Crippen LogP contribution in [-0.4, -0.2) is 109 Å². The largest absolute Gasteiger partial charge is 0.385 e. The molecule has 0 N–H and O–H groups in total. The molecule has 0 aromatic carbocycles. The third-order valence-corrected chi connectivity index (χ3v) is 3.06. The Bertz CT molecular complexity index is 239. The maximum absolute atomic E-state index is 4.98. The molecule has 0 saturated heterocycles. The number of hydrogen-bond acceptors (Lipinski definition) is 8. The molecule has 0 aliphatic carbocycles. The minimum atomic E-state index is 0. The van der Waals surface area contributed by atoms with Crippen molar-refractivity contribution < 1.29 is 37.9 Å². The van der Waals surface area contributed by atoms with Gasteiger partial charge in [-0.05, 0) is 13.3 Å². The average molecular weight is 495 g/mol. The van der Waals surface area contributed by atoms with Crippen molar-refractivity contribution in [2.24, 2.45) is 5.41 Å². The average Bonchev–Trinajstić information content (AvgIpc) is 2.68. The predicted molar refractivity (Wildman–Crippen MR) is 145 cm³/mol. The van der Waals surface area contributed by atoms with Crippen LogP contribution in [0.2, 0.25) is 0 Å². The predicted octanol–water partition coefficient (Wildman–Crippen LogP) is 5.47. The summed E-state index contributed by atoms with van der Waals surface area (Å²) in [6, 6.07) is 0. The van der Waals surface area contributed by atoms with Crippen LogP contribution in [0.5, 0.6) is 0 Å². The summed E-state index contributed by atoms with van der Waals surface area (Å²) in [5.74, 6) is 0. The minimum Gasteiger partial charge on any atom is -0.385 e. The smallest absolute Gasteiger partial charge is 0.0776 e. The van der Waals surface area contributed by atoms with E-state index in [9.17, 15) is 0 Å². The van der Waals surface area contributed by atoms with E-state index in [1.54, 1.807) is 56.9 Å². The van der Waals surface area contributed by atoms with E-state index < -0.39 is 0 Å². The lowest BCUT2D eigenvalue weighted by Gasteiger charge is -2.21. The molecule has 0 aromatic heterocycles. The lowest BCUT2D eigenvalue weighted by molar-refractivity contribution is 0.0341. The molecule has 1 unspecified atom stereocenters. The lowest BCUT2D eigenvalue weighted by Crippen LogP contribution is -2.23. The zero-order valence-corrected chi connectivity index (χ0v) is 21.0. The van der Waals surface area contributed by atoms with Crippen LogP contribution in [0.25, 0.3) is 0 Å². The number of hydrogen-bond donors (Lipinski definition) is 0. The zero-order valence-electron chi connectivity index (χ0n) is 21.0. The maximum atomic E-state index is 4.98. The van der Waals surface area contributed by atoms with Crippen molar-refractivity contribution in [3.05, 3.63) is 0 Å². The van der Waals surface area contributed by atoms with Gasteiger partial charge in [-0.3, -0.25) is 0 Å². The van der Waals surface area contributed by atoms with Gasteiger partial charge in [0.15, 0.2) is 0 Å². The second-order valence-corrected chi connectivity index (χ2v) is 6.86. The van der Waals surface area contributed by atoms with Gasteiger partial charge in [0.25, 0.3) is 0 Å². The van der Waals surface area contributed by atoms with Crippen molar-refractivity contribution in [3.8, 4) is 0 Å². The molecule has 0 rings (SSSR count). The molecule has 1 atom stereocenters. The van der Waals surface area contributed by atoms with Crippen molar-refractivity contribution in [2.45, 2.75) is 63.0 Å². The highest BCUT2D eigenvalue weighted by Gasteiger charge is 2.16. The Morgan fingerprint density at radius 3 is 1.03 bits per heavy atom. The van der Waals surface area contributed by atoms with E-state index in [4.69, 9.17) is 28.4 Å². The van der Waals surface area contributed by atoms with Gasteiger partial charge in [0.1, 0.15) is 0 Å². The second-order valence-electron chi connectivity index (χ2n) is 6.86. The van der Waals surface area contributed by atoms with Gasteiger partial charge in [-0.25, -0.2) is 0 Å². The molecule has 0 amide bonds. The molecule has 0 radical (unpaired) electrons. The Labute approximate surface area is 209 Å². The molecule has 0 fully saturated rings. The first-order valence-corrected chi connectivity index (χ1v) is 9.72. The van der Waals surface area contributed by atoms with Crippen molar-refractivity contribution >= 4 is 0 Å². The van der Waals surface area contributed by atoms with Crippen molar-refractivity contribution in [3.63, 3.8) is 0 Å². The van der Waals surface area contributed by atoms with Crippen LogP contribution in [-0.2, 0) is 37.9 Å². The third-order valence-electron chi connectivity index (χ3n) is 3.06. The van der Waals surface area contributed by atoms with E-state index >= 15 is 0 Å². The van der Waals surface area contributed by atoms with Crippen LogP contribution in [0.4, 0.5) is 0 Å². The summed E-state index contributed by atoms with van der Waals surface area (Å²) in [5, 5.41) is 0. The molecular weight excluding hydrogens is 428 g/mol. The molecule has 214 valence electrons. The Morgan fingerprint density at radius 2 is 0.848 bits per heavy atom. The van der Waals surface area contributed by atoms with E-state index in [1.165, 1.54) is 0 Å². The third kappa shape index (κ3) is 72.1. The normalized spacial score (nSPS) is 9.91. The fraction of sp³-hybridized carbons (Fsp3) is 1.00. The van der Waals surface area contributed by atoms with E-state index in [0.29, 0.717) is 19.8 Å². The van der Waals surface area contributed by atoms with Gasteiger partial charge in [0, 0.05) is 75.5 Å². The first-order chi connectivity index (χ1) is 13.8. The molecule has 0 aromatic rings. The van der Waals surface area contributed by atoms with Crippen LogP contribution >= 0.6 is 0 Å². The summed E-state index contributed by atoms with van der Waals surface area (Å²) >= 11 is 0. The number of rotatable bonds is 14. The summed E-state index contributed by atoms with van der Waals surface area (Å²) in [4.78, 5) is 0. The van der Waals surface area contributed by atoms with Crippen LogP contribution < -0.4 is 0 Å². The summed E-state index contributed by atoms with van der Waals surface area (Å²) < 4.78 is 38.4. The zero-order chi connectivity index (χ0) is 23.4. The van der Waals surface area contributed by atoms with Crippen LogP contribution in [0.15, 0.2) is 0 Å². The summed E-state index contributed by atoms with van der Waals surface area (Å²) in [5.41, 5.74) is 0.156. The molecular formula is C25H66O8. The Kier molecular flexibility index (Phi) is 79.9. The van der Waals surface area contributed by atoms with Crippen LogP contribution in [0.3, 0.4) is 0 Å². The fourth-order valence-corrected chi connectivity index (χ4v) is 1.64. The van der Waals surface area contributed by atoms with E-state index in [2.05, 4.69) is 23.3 Å². The monoisotopic (exact) mass is 494 g/mol. The van der Waals surface area contributed by atoms with Crippen LogP contribution in [0.1, 0.15) is 56.9 Å². The van der Waals surface area contributed by atoms with Gasteiger partial charge in [0.2, 0.25) is 0 Å². The standard InChI is InChI=1S/C7H16O2.2C5H12O2.C4H10O2.4CH4/c1-7(2,5-8-3)6-9-4;1-5(7-3)4-6-2;1-6-4-3-5-7-2;1-5-3-4-6-2;;;;/h5-6H2,1-4H3;5H,4H2,1-3H3;3-5H2,1-2H3;3-4H2,1-2H3;4*1H4. The van der Waals surface area contributed by atoms with Crippen molar-refractivity contribution in [1.82, 2.24) is 0 Å². The quantitative estimate of drug-likeness (QED) is 0.294. The van der Waals surface area contributed by atoms with Gasteiger partial charge >= 0.3 is 0 Å². The van der Waals surface area contributed by atoms with E-state index in [0.717, 1.165) is 32.8 Å². The molecule has 8 heteroatoms. The SMILES string of the molecule is C.C.C.C.COCC(C)(C)COC.COCC(C)OC.COCCCOC.COCCOC. The molecule has 0 bridgehead atoms. The molecule has 0 saturated carbocycles. The van der Waals surface area contributed by atoms with Crippen molar-refractivity contribution in [1.29, 1.82) is 0 Å². The highest BCUT2D eigenvalue weighted by molar-refractivity contribution is 4.65. The topological polar surface area (TPSA) is 73.8 Å². The van der Waals surface area contributed by atoms with Gasteiger partial charge < -0.3 is 37.9 Å². The molecule has 33 heavy (non-hydrogen) atoms. The second kappa shape index (κ2) is 49.0. The molecule has 0 aliphatic heterocycles. The van der Waals surface area contributed by atoms with Crippen molar-refractivity contribution in [2.75, 3.05) is 103 Å². The molecule has 0 heterocycles. The fourth-order valence-electron chi connectivity index (χ4n) is 1.64. The first-order valence-electron chi connectivity index (χ1n) is 9.72. The van der Waals surface area contributed by atoms with Gasteiger partial charge in [-0.15, -0.1) is 0 Å². The van der Waals surface area contributed by atoms with Gasteiger partial charge in [-0.2, -0.15) is 0 Å². The molecule has 0 aliphatic rings. The Morgan fingerprint density at radius 1 is 0.515 bits per heavy atom. The Balaban J connectivity index is -0.0000000408. The molecule has 8 nitrogen and oxygen atoms in total. The molecule has 0 spiro atoms. The minimum absolute atomic E-state index is 0. The maximum Gasteiger partial charge on any atom is 0.0776 e. The van der Waals surface area contributed by atoms with E-state index in [-0.39, 0.29) is 41.2 Å². The summed E-state index contributed by atoms with van der Waals surface area (Å²) in [6.45, 7) is 11.3.